The molecule has 1 heterocycles. The predicted molar refractivity (Wildman–Crippen MR) is 74.0 cm³/mol. The van der Waals surface area contributed by atoms with E-state index in [1.54, 1.807) is 0 Å². The van der Waals surface area contributed by atoms with E-state index < -0.39 is 0 Å². The van der Waals surface area contributed by atoms with Gasteiger partial charge in [-0.25, -0.2) is 4.98 Å². The number of hydrogen-bond acceptors (Lipinski definition) is 3. The molecule has 0 saturated carbocycles. The number of carbonyl (C=O) groups is 1. The van der Waals surface area contributed by atoms with Crippen LogP contribution in [0.5, 0.6) is 0 Å². The van der Waals surface area contributed by atoms with Crippen molar-refractivity contribution in [2.45, 2.75) is 19.9 Å². The summed E-state index contributed by atoms with van der Waals surface area (Å²) >= 11 is 5.69. The number of rotatable bonds is 4. The Morgan fingerprint density at radius 3 is 2.53 bits per heavy atom. The molecule has 0 radical (unpaired) electrons. The van der Waals surface area contributed by atoms with Crippen LogP contribution in [0.3, 0.4) is 0 Å². The smallest absolute Gasteiger partial charge is 0.271 e. The van der Waals surface area contributed by atoms with Crippen molar-refractivity contribution in [2.75, 3.05) is 0 Å². The third-order valence-corrected chi connectivity index (χ3v) is 2.90. The van der Waals surface area contributed by atoms with Gasteiger partial charge in [-0.15, -0.1) is 0 Å². The second-order valence-corrected chi connectivity index (χ2v) is 4.47. The molecule has 0 spiro atoms. The van der Waals surface area contributed by atoms with Crippen LogP contribution in [-0.2, 0) is 13.0 Å². The first-order chi connectivity index (χ1) is 9.19. The lowest BCUT2D eigenvalue weighted by Crippen LogP contribution is -2.24. The maximum atomic E-state index is 11.8. The summed E-state index contributed by atoms with van der Waals surface area (Å²) < 4.78 is 0. The first-order valence-corrected chi connectivity index (χ1v) is 6.40. The lowest BCUT2D eigenvalue weighted by molar-refractivity contribution is 0.0945. The molecule has 1 aromatic carbocycles. The highest BCUT2D eigenvalue weighted by Crippen LogP contribution is 2.06. The molecule has 2 aromatic rings. The first kappa shape index (κ1) is 13.5. The number of aromatic nitrogens is 2. The van der Waals surface area contributed by atoms with Gasteiger partial charge in [0.05, 0.1) is 12.4 Å². The van der Waals surface area contributed by atoms with Crippen molar-refractivity contribution in [3.63, 3.8) is 0 Å². The molecular weight excluding hydrogens is 262 g/mol. The maximum Gasteiger partial charge on any atom is 0.271 e. The van der Waals surface area contributed by atoms with Crippen LogP contribution in [0.25, 0.3) is 0 Å². The van der Waals surface area contributed by atoms with Crippen LogP contribution >= 0.6 is 11.6 Å². The van der Waals surface area contributed by atoms with E-state index in [-0.39, 0.29) is 16.8 Å². The molecule has 0 aliphatic rings. The fraction of sp³-hybridized carbons (Fsp3) is 0.214. The van der Waals surface area contributed by atoms with Crippen LogP contribution in [0.4, 0.5) is 0 Å². The van der Waals surface area contributed by atoms with Gasteiger partial charge in [-0.05, 0) is 17.5 Å². The van der Waals surface area contributed by atoms with E-state index in [4.69, 9.17) is 11.6 Å². The van der Waals surface area contributed by atoms with E-state index in [0.717, 1.165) is 12.0 Å². The standard InChI is InChI=1S/C14H14ClN3O/c1-2-10-3-5-11(6-4-10)7-17-14(19)12-8-16-9-13(15)18-12/h3-6,8-9H,2,7H2,1H3,(H,17,19). The van der Waals surface area contributed by atoms with Crippen LogP contribution in [0.2, 0.25) is 5.15 Å². The van der Waals surface area contributed by atoms with E-state index in [1.807, 2.05) is 12.1 Å². The Kier molecular flexibility index (Phi) is 4.47. The molecule has 19 heavy (non-hydrogen) atoms. The van der Waals surface area contributed by atoms with Crippen molar-refractivity contribution >= 4 is 17.5 Å². The van der Waals surface area contributed by atoms with Crippen molar-refractivity contribution < 1.29 is 4.79 Å². The SMILES string of the molecule is CCc1ccc(CNC(=O)c2cncc(Cl)n2)cc1. The topological polar surface area (TPSA) is 54.9 Å². The summed E-state index contributed by atoms with van der Waals surface area (Å²) in [4.78, 5) is 19.6. The molecule has 98 valence electrons. The number of carbonyl (C=O) groups excluding carboxylic acids is 1. The minimum absolute atomic E-state index is 0.208. The zero-order valence-electron chi connectivity index (χ0n) is 10.6. The van der Waals surface area contributed by atoms with Gasteiger partial charge in [0.15, 0.2) is 0 Å². The molecule has 0 saturated heterocycles. The number of benzene rings is 1. The highest BCUT2D eigenvalue weighted by molar-refractivity contribution is 6.29. The Bertz CT molecular complexity index is 569. The summed E-state index contributed by atoms with van der Waals surface area (Å²) in [6.45, 7) is 2.56. The van der Waals surface area contributed by atoms with E-state index in [2.05, 4.69) is 34.3 Å². The van der Waals surface area contributed by atoms with Crippen molar-refractivity contribution in [3.05, 3.63) is 58.6 Å². The summed E-state index contributed by atoms with van der Waals surface area (Å²) in [6.07, 6.45) is 3.79. The van der Waals surface area contributed by atoms with E-state index in [1.165, 1.54) is 18.0 Å². The number of nitrogens with zero attached hydrogens (tertiary/aromatic N) is 2. The Morgan fingerprint density at radius 1 is 1.21 bits per heavy atom. The van der Waals surface area contributed by atoms with Crippen LogP contribution in [0.15, 0.2) is 36.7 Å². The van der Waals surface area contributed by atoms with Crippen LogP contribution in [-0.4, -0.2) is 15.9 Å². The van der Waals surface area contributed by atoms with Gasteiger partial charge < -0.3 is 5.32 Å². The molecular formula is C14H14ClN3O. The normalized spacial score (nSPS) is 10.2. The number of aryl methyl sites for hydroxylation is 1. The van der Waals surface area contributed by atoms with Crippen molar-refractivity contribution in [2.24, 2.45) is 0 Å². The van der Waals surface area contributed by atoms with Crippen LogP contribution in [0, 0.1) is 0 Å². The minimum Gasteiger partial charge on any atom is -0.347 e. The first-order valence-electron chi connectivity index (χ1n) is 6.02. The van der Waals surface area contributed by atoms with Crippen LogP contribution < -0.4 is 5.32 Å². The summed E-state index contributed by atoms with van der Waals surface area (Å²) in [5.74, 6) is -0.283. The number of amides is 1. The predicted octanol–water partition coefficient (Wildman–Crippen LogP) is 2.62. The zero-order valence-corrected chi connectivity index (χ0v) is 11.3. The molecule has 0 unspecified atom stereocenters. The molecule has 0 atom stereocenters. The second kappa shape index (κ2) is 6.29. The van der Waals surface area contributed by atoms with E-state index in [0.29, 0.717) is 6.54 Å². The molecule has 0 aliphatic carbocycles. The highest BCUT2D eigenvalue weighted by atomic mass is 35.5. The Balaban J connectivity index is 1.96. The van der Waals surface area contributed by atoms with Gasteiger partial charge in [0.1, 0.15) is 10.8 Å². The molecule has 0 fully saturated rings. The van der Waals surface area contributed by atoms with Gasteiger partial charge in [-0.3, -0.25) is 9.78 Å². The molecule has 0 bridgehead atoms. The molecule has 1 N–H and O–H groups in total. The molecule has 0 aliphatic heterocycles. The molecule has 1 aromatic heterocycles. The fourth-order valence-electron chi connectivity index (χ4n) is 1.62. The van der Waals surface area contributed by atoms with Gasteiger partial charge >= 0.3 is 0 Å². The largest absolute Gasteiger partial charge is 0.347 e. The van der Waals surface area contributed by atoms with Gasteiger partial charge in [0, 0.05) is 6.54 Å². The van der Waals surface area contributed by atoms with Gasteiger partial charge in [0.2, 0.25) is 0 Å². The lowest BCUT2D eigenvalue weighted by atomic mass is 10.1. The monoisotopic (exact) mass is 275 g/mol. The summed E-state index contributed by atoms with van der Waals surface area (Å²) in [6, 6.07) is 8.12. The van der Waals surface area contributed by atoms with E-state index >= 15 is 0 Å². The quantitative estimate of drug-likeness (QED) is 0.933. The third-order valence-electron chi connectivity index (χ3n) is 2.72. The highest BCUT2D eigenvalue weighted by Gasteiger charge is 2.07. The minimum atomic E-state index is -0.283. The van der Waals surface area contributed by atoms with Gasteiger partial charge in [-0.2, -0.15) is 0 Å². The number of hydrogen-bond donors (Lipinski definition) is 1. The third kappa shape index (κ3) is 3.76. The summed E-state index contributed by atoms with van der Waals surface area (Å²) in [7, 11) is 0. The molecule has 5 heteroatoms. The van der Waals surface area contributed by atoms with Gasteiger partial charge in [0.25, 0.3) is 5.91 Å². The second-order valence-electron chi connectivity index (χ2n) is 4.08. The van der Waals surface area contributed by atoms with Crippen molar-refractivity contribution in [1.82, 2.24) is 15.3 Å². The van der Waals surface area contributed by atoms with Crippen molar-refractivity contribution in [1.29, 1.82) is 0 Å². The summed E-state index contributed by atoms with van der Waals surface area (Å²) in [5, 5.41) is 2.99. The summed E-state index contributed by atoms with van der Waals surface area (Å²) in [5.41, 5.74) is 2.54. The Hall–Kier alpha value is -1.94. The van der Waals surface area contributed by atoms with Crippen molar-refractivity contribution in [3.8, 4) is 0 Å². The van der Waals surface area contributed by atoms with E-state index in [9.17, 15) is 4.79 Å². The average Bonchev–Trinajstić information content (AvgIpc) is 2.45. The van der Waals surface area contributed by atoms with Crippen LogP contribution in [0.1, 0.15) is 28.5 Å². The molecule has 1 amide bonds. The molecule has 2 rings (SSSR count). The number of halogens is 1. The molecule has 4 nitrogen and oxygen atoms in total. The number of nitrogens with one attached hydrogen (secondary N) is 1. The zero-order chi connectivity index (χ0) is 13.7. The maximum absolute atomic E-state index is 11.8. The Morgan fingerprint density at radius 2 is 1.89 bits per heavy atom. The fourth-order valence-corrected chi connectivity index (χ4v) is 1.76. The van der Waals surface area contributed by atoms with Gasteiger partial charge in [-0.1, -0.05) is 42.8 Å². The lowest BCUT2D eigenvalue weighted by Gasteiger charge is -2.05. The average molecular weight is 276 g/mol. The Labute approximate surface area is 116 Å².